The van der Waals surface area contributed by atoms with E-state index in [0.29, 0.717) is 101 Å². The first-order valence-electron chi connectivity index (χ1n) is 42.6. The van der Waals surface area contributed by atoms with E-state index in [4.69, 9.17) is 4.74 Å². The van der Waals surface area contributed by atoms with E-state index in [1.807, 2.05) is 86.5 Å². The number of nitrogens with one attached hydrogen (secondary N) is 3. The van der Waals surface area contributed by atoms with Gasteiger partial charge < -0.3 is 34.4 Å². The highest BCUT2D eigenvalue weighted by atomic mass is 16.5. The van der Waals surface area contributed by atoms with Gasteiger partial charge in [0.05, 0.1) is 82.0 Å². The lowest BCUT2D eigenvalue weighted by atomic mass is 9.68. The van der Waals surface area contributed by atoms with Crippen LogP contribution < -0.4 is 47.7 Å². The van der Waals surface area contributed by atoms with Crippen molar-refractivity contribution in [2.75, 3.05) is 28.2 Å². The fraction of sp³-hybridized carbons (Fsp3) is 0.586. The minimum Gasteiger partial charge on any atom is -0.378 e. The van der Waals surface area contributed by atoms with Gasteiger partial charge in [0.15, 0.2) is 0 Å². The molecule has 15 aliphatic rings. The third-order valence-electron chi connectivity index (χ3n) is 28.8. The minimum atomic E-state index is -0.525. The van der Waals surface area contributed by atoms with Gasteiger partial charge in [-0.2, -0.15) is 30.3 Å². The number of aromatic nitrogens is 6. The lowest BCUT2D eigenvalue weighted by Crippen LogP contribution is -2.62. The van der Waals surface area contributed by atoms with Crippen molar-refractivity contribution < 1.29 is 19.1 Å². The highest BCUT2D eigenvalue weighted by molar-refractivity contribution is 6.02. The number of nitrogens with zero attached hydrogens (tertiary/aromatic N) is 15. The maximum Gasteiger partial charge on any atom is 0.348 e. The van der Waals surface area contributed by atoms with Crippen LogP contribution in [0.2, 0.25) is 0 Å². The van der Waals surface area contributed by atoms with Crippen LogP contribution in [0.25, 0.3) is 33.1 Å². The molecule has 6 aliphatic carbocycles. The standard InChI is InChI=1S/C29H36N6O3.2C29H36N6O2/c1-18-15-30-35(29(37)31-18)27-28(36)34(26-9-5-4-8-25(26)32-27)22-13-23-16-38-17-24(14-22)33(23)21-11-19-6-2-3-7-20(10-19)12-21;1-18-17-30-35(29(37)31-18)27-28(36)34(26-11-3-2-10-25(26)32-27)24-15-21-8-5-9-22(16-24)33(21)23-13-19-6-4-7-20(12-19)14-23;1-18-17-30-35(29(37)31-18)27-28(36)34(26-9-5-4-8-25(26)32-27)24-15-21-10-11-22(16-24)33(21)23-13-19-6-2-3-7-20(12-19)14-23/h4-5,8-9,15,19-24H,1-3,6-7,10-14,16-17H2,(H,31,37);2-3,10-11,17,19-24H,1,4-9,12-16H2,(H,31,37);4-5,8-9,17,19-24H,1-3,6-7,10-16H2,(H,31,37). The number of carbonyl (C=O) groups excluding carboxylic acids is 3. The van der Waals surface area contributed by atoms with Crippen molar-refractivity contribution in [1.29, 1.82) is 0 Å². The van der Waals surface area contributed by atoms with E-state index in [0.717, 1.165) is 106 Å². The zero-order valence-electron chi connectivity index (χ0n) is 64.6. The number of urea groups is 3. The molecule has 25 heteroatoms. The van der Waals surface area contributed by atoms with Crippen molar-refractivity contribution in [3.63, 3.8) is 0 Å². The summed E-state index contributed by atoms with van der Waals surface area (Å²) in [5, 5.41) is 23.7. The summed E-state index contributed by atoms with van der Waals surface area (Å²) in [6.07, 6.45) is 43.9. The Morgan fingerprint density at radius 1 is 0.304 bits per heavy atom. The number of hydrogen-bond acceptors (Lipinski definition) is 16. The van der Waals surface area contributed by atoms with E-state index in [1.165, 1.54) is 179 Å². The quantitative estimate of drug-likeness (QED) is 0.122. The van der Waals surface area contributed by atoms with E-state index in [9.17, 15) is 28.8 Å². The number of ether oxygens (including phenoxy) is 1. The zero-order chi connectivity index (χ0) is 76.0. The summed E-state index contributed by atoms with van der Waals surface area (Å²) in [5.74, 6) is 5.48. The van der Waals surface area contributed by atoms with Crippen molar-refractivity contribution in [2.45, 2.75) is 272 Å². The molecule has 9 aliphatic heterocycles. The normalized spacial score (nSPS) is 33.9. The van der Waals surface area contributed by atoms with Crippen LogP contribution >= 0.6 is 0 Å². The molecule has 6 saturated carbocycles. The molecule has 3 N–H and O–H groups in total. The third-order valence-corrected chi connectivity index (χ3v) is 28.8. The fourth-order valence-electron chi connectivity index (χ4n) is 24.7. The molecular weight excluding hydrogens is 1410 g/mol. The number of carbonyl (C=O) groups is 3. The number of amides is 6. The van der Waals surface area contributed by atoms with Crippen LogP contribution in [-0.2, 0) is 4.74 Å². The average Bonchev–Trinajstić information content (AvgIpc) is 1.74. The third kappa shape index (κ3) is 14.0. The van der Waals surface area contributed by atoms with Crippen LogP contribution in [0.3, 0.4) is 0 Å². The van der Waals surface area contributed by atoms with Crippen LogP contribution in [0.5, 0.6) is 0 Å². The molecule has 0 radical (unpaired) electrons. The maximum absolute atomic E-state index is 14.0. The van der Waals surface area contributed by atoms with Gasteiger partial charge in [0.1, 0.15) is 0 Å². The Bertz CT molecular complexity index is 4910. The molecule has 6 amide bonds. The van der Waals surface area contributed by atoms with E-state index in [1.54, 1.807) is 0 Å². The first-order valence-corrected chi connectivity index (χ1v) is 42.6. The number of hydrazone groups is 3. The summed E-state index contributed by atoms with van der Waals surface area (Å²) in [7, 11) is 0. The van der Waals surface area contributed by atoms with Crippen LogP contribution in [0.15, 0.2) is 139 Å². The van der Waals surface area contributed by atoms with E-state index >= 15 is 0 Å². The number of fused-ring (bicyclic) bond motifs is 15. The molecule has 3 aromatic heterocycles. The number of allylic oxidation sites excluding steroid dienone is 3. The van der Waals surface area contributed by atoms with Gasteiger partial charge >= 0.3 is 18.1 Å². The number of morpholine rings is 1. The predicted molar refractivity (Wildman–Crippen MR) is 436 cm³/mol. The lowest BCUT2D eigenvalue weighted by Gasteiger charge is -2.55. The molecular formula is C87H108N18O7. The van der Waals surface area contributed by atoms with Crippen LogP contribution in [0.1, 0.15) is 217 Å². The van der Waals surface area contributed by atoms with Crippen LogP contribution in [0.4, 0.5) is 31.8 Å². The van der Waals surface area contributed by atoms with Crippen LogP contribution in [-0.4, -0.2) is 148 Å². The van der Waals surface area contributed by atoms with Crippen molar-refractivity contribution in [3.05, 3.63) is 141 Å². The predicted octanol–water partition coefficient (Wildman–Crippen LogP) is 14.1. The first-order chi connectivity index (χ1) is 54.6. The molecule has 25 nitrogen and oxygen atoms in total. The number of benzene rings is 3. The van der Waals surface area contributed by atoms with Crippen molar-refractivity contribution in [2.24, 2.45) is 50.8 Å². The van der Waals surface area contributed by atoms with Gasteiger partial charge in [0.2, 0.25) is 17.5 Å². The molecule has 0 spiro atoms. The number of anilines is 3. The number of para-hydroxylation sites is 6. The summed E-state index contributed by atoms with van der Waals surface area (Å²) < 4.78 is 11.8. The monoisotopic (exact) mass is 1520 g/mol. The highest BCUT2D eigenvalue weighted by Gasteiger charge is 2.51. The Kier molecular flexibility index (Phi) is 20.1. The topological polar surface area (TPSA) is 258 Å². The van der Waals surface area contributed by atoms with Gasteiger partial charge in [-0.3, -0.25) is 29.1 Å². The van der Waals surface area contributed by atoms with Gasteiger partial charge in [0.25, 0.3) is 16.7 Å². The summed E-state index contributed by atoms with van der Waals surface area (Å²) in [5.41, 5.74) is 4.95. The van der Waals surface area contributed by atoms with E-state index in [2.05, 4.69) is 80.6 Å². The summed E-state index contributed by atoms with van der Waals surface area (Å²) >= 11 is 0. The summed E-state index contributed by atoms with van der Waals surface area (Å²) in [6, 6.07) is 26.6. The maximum atomic E-state index is 14.0. The zero-order valence-corrected chi connectivity index (χ0v) is 64.6. The average molecular weight is 1520 g/mol. The Morgan fingerprint density at radius 3 is 0.902 bits per heavy atom. The molecule has 6 saturated heterocycles. The molecule has 12 fully saturated rings. The Labute approximate surface area is 653 Å². The van der Waals surface area contributed by atoms with Gasteiger partial charge in [0, 0.05) is 72.5 Å². The molecule has 6 aromatic rings. The van der Waals surface area contributed by atoms with Crippen molar-refractivity contribution >= 4 is 87.3 Å². The Balaban J connectivity index is 0.000000113. The first kappa shape index (κ1) is 73.2. The SMILES string of the molecule is C=C1C=NN(c2nc3ccccc3n(C3CC4CCC(C3)N4C3CC4CCCCC(C4)C3)c2=O)C(=O)N1.C=C1C=NN(c2nc3ccccc3n(C3CC4CCCC(C3)N4C3CC4CCCC(C4)C3)c2=O)C(=O)N1.C=C1C=NN(c2nc3ccccc3n(C3CC4COCC(C3)N4C3CC4CCCCC(C4)C3)c2=O)C(=O)N1. The molecule has 21 rings (SSSR count). The van der Waals surface area contributed by atoms with Gasteiger partial charge in [-0.25, -0.2) is 29.3 Å². The minimum absolute atomic E-state index is 0.00182. The van der Waals surface area contributed by atoms with Gasteiger partial charge in [-0.05, 0) is 194 Å². The smallest absolute Gasteiger partial charge is 0.348 e. The second kappa shape index (κ2) is 30.7. The number of piperidine rings is 4. The molecule has 3 aromatic carbocycles. The lowest BCUT2D eigenvalue weighted by molar-refractivity contribution is -0.116. The highest BCUT2D eigenvalue weighted by Crippen LogP contribution is 2.52. The van der Waals surface area contributed by atoms with Gasteiger partial charge in [-0.1, -0.05) is 133 Å². The molecule has 588 valence electrons. The van der Waals surface area contributed by atoms with Gasteiger partial charge in [-0.15, -0.1) is 0 Å². The van der Waals surface area contributed by atoms with Crippen molar-refractivity contribution in [3.8, 4) is 0 Å². The molecule has 12 atom stereocenters. The summed E-state index contributed by atoms with van der Waals surface area (Å²) in [4.78, 5) is 102. The summed E-state index contributed by atoms with van der Waals surface area (Å²) in [6.45, 7) is 12.6. The van der Waals surface area contributed by atoms with Crippen LogP contribution in [0, 0.1) is 35.5 Å². The van der Waals surface area contributed by atoms with Crippen molar-refractivity contribution in [1.82, 2.24) is 59.3 Å². The Morgan fingerprint density at radius 2 is 0.580 bits per heavy atom. The fourth-order valence-corrected chi connectivity index (χ4v) is 24.7. The second-order valence-corrected chi connectivity index (χ2v) is 35.8. The largest absolute Gasteiger partial charge is 0.378 e. The Hall–Kier alpha value is -9.04. The van der Waals surface area contributed by atoms with E-state index < -0.39 is 18.1 Å². The second-order valence-electron chi connectivity index (χ2n) is 35.8. The number of rotatable bonds is 9. The molecule has 12 heterocycles. The molecule has 12 unspecified atom stereocenters. The molecule has 112 heavy (non-hydrogen) atoms. The van der Waals surface area contributed by atoms with E-state index in [-0.39, 0.29) is 52.3 Å². The number of hydrogen-bond donors (Lipinski definition) is 3. The molecule has 12 bridgehead atoms.